The molecular formula is C22H25F6N5O5. The van der Waals surface area contributed by atoms with Crippen LogP contribution in [0.2, 0.25) is 0 Å². The molecule has 1 atom stereocenters. The first-order valence-electron chi connectivity index (χ1n) is 11.2. The van der Waals surface area contributed by atoms with Gasteiger partial charge >= 0.3 is 24.3 Å². The van der Waals surface area contributed by atoms with Gasteiger partial charge in [0.2, 0.25) is 5.91 Å². The van der Waals surface area contributed by atoms with Crippen LogP contribution in [0, 0.1) is 5.92 Å². The molecule has 2 aromatic heterocycles. The first kappa shape index (κ1) is 30.5. The summed E-state index contributed by atoms with van der Waals surface area (Å²) in [5.41, 5.74) is 2.33. The van der Waals surface area contributed by atoms with Crippen LogP contribution < -0.4 is 5.32 Å². The summed E-state index contributed by atoms with van der Waals surface area (Å²) in [6, 6.07) is 4.34. The van der Waals surface area contributed by atoms with Gasteiger partial charge in [-0.25, -0.2) is 14.6 Å². The number of carbonyl (C=O) groups is 3. The molecule has 0 saturated heterocycles. The van der Waals surface area contributed by atoms with Crippen LogP contribution in [0.15, 0.2) is 30.7 Å². The zero-order chi connectivity index (χ0) is 28.7. The predicted molar refractivity (Wildman–Crippen MR) is 117 cm³/mol. The topological polar surface area (TPSA) is 138 Å². The molecule has 16 heteroatoms. The van der Waals surface area contributed by atoms with Gasteiger partial charge in [-0.05, 0) is 31.4 Å². The number of aromatic nitrogens is 3. The Balaban J connectivity index is 0.000000301. The Bertz CT molecular complexity index is 1080. The van der Waals surface area contributed by atoms with Gasteiger partial charge in [0, 0.05) is 37.9 Å². The number of nitrogens with zero attached hydrogens (tertiary/aromatic N) is 4. The number of carbonyl (C=O) groups excluding carboxylic acids is 1. The Morgan fingerprint density at radius 2 is 1.61 bits per heavy atom. The number of rotatable bonds is 5. The number of imidazole rings is 1. The zero-order valence-electron chi connectivity index (χ0n) is 20.0. The van der Waals surface area contributed by atoms with Crippen molar-refractivity contribution < 1.29 is 50.9 Å². The molecular weight excluding hydrogens is 528 g/mol. The highest BCUT2D eigenvalue weighted by molar-refractivity contribution is 5.80. The largest absolute Gasteiger partial charge is 0.490 e. The van der Waals surface area contributed by atoms with Gasteiger partial charge in [-0.2, -0.15) is 26.3 Å². The van der Waals surface area contributed by atoms with E-state index in [1.54, 1.807) is 6.20 Å². The maximum absolute atomic E-state index is 11.8. The first-order valence-corrected chi connectivity index (χ1v) is 11.2. The summed E-state index contributed by atoms with van der Waals surface area (Å²) < 4.78 is 65.7. The third-order valence-corrected chi connectivity index (χ3v) is 5.49. The van der Waals surface area contributed by atoms with E-state index >= 15 is 0 Å². The molecule has 0 spiro atoms. The average Bonchev–Trinajstić information content (AvgIpc) is 3.60. The minimum Gasteiger partial charge on any atom is -0.475 e. The standard InChI is InChI=1S/C18H23N5O.2C2HF3O2/c1-13-17-20-10-16(11-21-18(24)15-4-5-15)23(17)8-7-22(13)12-14-3-2-6-19-9-14;2*3-2(4,5)1(6)7/h2-3,6,9-10,13,15H,4-5,7-8,11-12H2,1H3,(H,21,24);2*(H,6,7). The summed E-state index contributed by atoms with van der Waals surface area (Å²) in [6.07, 6.45) is -2.45. The van der Waals surface area contributed by atoms with Crippen LogP contribution in [0.5, 0.6) is 0 Å². The van der Waals surface area contributed by atoms with E-state index in [0.717, 1.165) is 44.0 Å². The van der Waals surface area contributed by atoms with Crippen molar-refractivity contribution in [1.82, 2.24) is 24.8 Å². The number of hydrogen-bond donors (Lipinski definition) is 3. The molecule has 1 fully saturated rings. The van der Waals surface area contributed by atoms with Gasteiger partial charge in [-0.1, -0.05) is 6.07 Å². The van der Waals surface area contributed by atoms with Crippen molar-refractivity contribution >= 4 is 17.8 Å². The van der Waals surface area contributed by atoms with Crippen molar-refractivity contribution in [3.63, 3.8) is 0 Å². The Hall–Kier alpha value is -3.69. The van der Waals surface area contributed by atoms with Crippen molar-refractivity contribution in [3.8, 4) is 0 Å². The number of hydrogen-bond acceptors (Lipinski definition) is 6. The number of carboxylic acids is 2. The third-order valence-electron chi connectivity index (χ3n) is 5.49. The number of pyridine rings is 1. The van der Waals surface area contributed by atoms with Crippen molar-refractivity contribution in [1.29, 1.82) is 0 Å². The van der Waals surface area contributed by atoms with Gasteiger partial charge in [0.25, 0.3) is 0 Å². The Kier molecular flexibility index (Phi) is 10.2. The lowest BCUT2D eigenvalue weighted by Crippen LogP contribution is -2.37. The molecule has 38 heavy (non-hydrogen) atoms. The number of aliphatic carboxylic acids is 2. The average molecular weight is 553 g/mol. The van der Waals surface area contributed by atoms with E-state index in [9.17, 15) is 31.1 Å². The highest BCUT2D eigenvalue weighted by Gasteiger charge is 2.39. The molecule has 1 aliphatic carbocycles. The fraction of sp³-hybridized carbons (Fsp3) is 0.500. The summed E-state index contributed by atoms with van der Waals surface area (Å²) in [7, 11) is 0. The molecule has 1 amide bonds. The lowest BCUT2D eigenvalue weighted by molar-refractivity contribution is -0.193. The van der Waals surface area contributed by atoms with E-state index in [1.807, 2.05) is 18.5 Å². The first-order chi connectivity index (χ1) is 17.6. The van der Waals surface area contributed by atoms with Crippen molar-refractivity contribution in [3.05, 3.63) is 47.8 Å². The quantitative estimate of drug-likeness (QED) is 0.481. The van der Waals surface area contributed by atoms with Gasteiger partial charge in [0.1, 0.15) is 5.82 Å². The molecule has 10 nitrogen and oxygen atoms in total. The maximum atomic E-state index is 11.8. The van der Waals surface area contributed by atoms with Crippen molar-refractivity contribution in [2.75, 3.05) is 6.54 Å². The van der Waals surface area contributed by atoms with E-state index in [1.165, 1.54) is 5.56 Å². The van der Waals surface area contributed by atoms with Crippen LogP contribution in [0.4, 0.5) is 26.3 Å². The minimum atomic E-state index is -5.08. The second-order valence-electron chi connectivity index (χ2n) is 8.36. The number of halogens is 6. The van der Waals surface area contributed by atoms with Crippen LogP contribution >= 0.6 is 0 Å². The molecule has 3 N–H and O–H groups in total. The normalized spacial score (nSPS) is 17.2. The number of fused-ring (bicyclic) bond motifs is 1. The Morgan fingerprint density at radius 3 is 2.08 bits per heavy atom. The van der Waals surface area contributed by atoms with E-state index in [-0.39, 0.29) is 17.9 Å². The SMILES string of the molecule is CC1c2ncc(CNC(=O)C3CC3)n2CCN1Cc1cccnc1.O=C(O)C(F)(F)F.O=C(O)C(F)(F)F. The van der Waals surface area contributed by atoms with Gasteiger partial charge in [0.15, 0.2) is 0 Å². The minimum absolute atomic E-state index is 0.188. The summed E-state index contributed by atoms with van der Waals surface area (Å²) >= 11 is 0. The molecule has 3 heterocycles. The summed E-state index contributed by atoms with van der Waals surface area (Å²) in [4.78, 5) is 40.9. The smallest absolute Gasteiger partial charge is 0.475 e. The highest BCUT2D eigenvalue weighted by atomic mass is 19.4. The molecule has 0 bridgehead atoms. The molecule has 2 aromatic rings. The zero-order valence-corrected chi connectivity index (χ0v) is 20.0. The Labute approximate surface area is 212 Å². The van der Waals surface area contributed by atoms with E-state index < -0.39 is 24.3 Å². The van der Waals surface area contributed by atoms with Crippen molar-refractivity contribution in [2.24, 2.45) is 5.92 Å². The molecule has 210 valence electrons. The molecule has 2 aliphatic rings. The summed E-state index contributed by atoms with van der Waals surface area (Å²) in [6.45, 7) is 5.55. The fourth-order valence-corrected chi connectivity index (χ4v) is 3.35. The lowest BCUT2D eigenvalue weighted by atomic mass is 10.1. The van der Waals surface area contributed by atoms with E-state index in [4.69, 9.17) is 19.8 Å². The number of nitrogens with one attached hydrogen (secondary N) is 1. The van der Waals surface area contributed by atoms with Crippen LogP contribution in [-0.4, -0.2) is 66.4 Å². The highest BCUT2D eigenvalue weighted by Crippen LogP contribution is 2.29. The van der Waals surface area contributed by atoms with E-state index in [0.29, 0.717) is 6.54 Å². The number of alkyl halides is 6. The number of carboxylic acid groups (broad SMARTS) is 2. The van der Waals surface area contributed by atoms with Gasteiger partial charge in [-0.3, -0.25) is 14.7 Å². The second kappa shape index (κ2) is 12.7. The molecule has 4 rings (SSSR count). The van der Waals surface area contributed by atoms with Crippen LogP contribution in [-0.2, 0) is 34.0 Å². The third kappa shape index (κ3) is 9.32. The van der Waals surface area contributed by atoms with Crippen LogP contribution in [0.1, 0.15) is 42.9 Å². The summed E-state index contributed by atoms with van der Waals surface area (Å²) in [5, 5.41) is 17.3. The van der Waals surface area contributed by atoms with Gasteiger partial charge in [-0.15, -0.1) is 0 Å². The second-order valence-corrected chi connectivity index (χ2v) is 8.36. The van der Waals surface area contributed by atoms with Gasteiger partial charge < -0.3 is 20.1 Å². The van der Waals surface area contributed by atoms with Crippen molar-refractivity contribution in [2.45, 2.75) is 57.8 Å². The fourth-order valence-electron chi connectivity index (χ4n) is 3.35. The van der Waals surface area contributed by atoms with Crippen LogP contribution in [0.25, 0.3) is 0 Å². The van der Waals surface area contributed by atoms with E-state index in [2.05, 4.69) is 37.7 Å². The lowest BCUT2D eigenvalue weighted by Gasteiger charge is -2.34. The predicted octanol–water partition coefficient (Wildman–Crippen LogP) is 3.15. The Morgan fingerprint density at radius 1 is 1.03 bits per heavy atom. The molecule has 1 saturated carbocycles. The molecule has 1 unspecified atom stereocenters. The molecule has 0 radical (unpaired) electrons. The van der Waals surface area contributed by atoms with Crippen LogP contribution in [0.3, 0.4) is 0 Å². The molecule has 0 aromatic carbocycles. The molecule has 1 aliphatic heterocycles. The number of amides is 1. The van der Waals surface area contributed by atoms with Gasteiger partial charge in [0.05, 0.1) is 24.5 Å². The maximum Gasteiger partial charge on any atom is 0.490 e. The summed E-state index contributed by atoms with van der Waals surface area (Å²) in [5.74, 6) is -3.99. The monoisotopic (exact) mass is 553 g/mol.